The molecule has 1 N–H and O–H groups in total. The minimum absolute atomic E-state index is 0.126. The molecule has 0 unspecified atom stereocenters. The monoisotopic (exact) mass is 515 g/mol. The van der Waals surface area contributed by atoms with E-state index in [2.05, 4.69) is 20.4 Å². The van der Waals surface area contributed by atoms with Crippen molar-refractivity contribution in [3.8, 4) is 5.69 Å². The first-order chi connectivity index (χ1) is 17.0. The van der Waals surface area contributed by atoms with E-state index >= 15 is 0 Å². The van der Waals surface area contributed by atoms with Crippen LogP contribution >= 0.6 is 23.1 Å². The Labute approximate surface area is 212 Å². The molecular formula is C24H29N5O4S2. The molecular weight excluding hydrogens is 486 g/mol. The number of nitrogens with zero attached hydrogens (tertiary/aromatic N) is 4. The fourth-order valence-corrected chi connectivity index (χ4v) is 5.58. The molecule has 1 aliphatic rings. The molecule has 11 heteroatoms. The van der Waals surface area contributed by atoms with Gasteiger partial charge in [0.1, 0.15) is 5.00 Å². The standard InChI is InChI=1S/C24H29N5O4S2/c1-4-33-23(31)21-16(2)17(3)35-22(21)25-20(30)15-34-24-27-26-19(14-28-10-12-32-13-11-28)29(24)18-8-6-5-7-9-18/h5-9H,4,10-15H2,1-3H3,(H,25,30). The minimum atomic E-state index is -0.422. The van der Waals surface area contributed by atoms with E-state index in [4.69, 9.17) is 9.47 Å². The molecule has 3 aromatic rings. The van der Waals surface area contributed by atoms with Gasteiger partial charge in [0, 0.05) is 23.7 Å². The van der Waals surface area contributed by atoms with Crippen molar-refractivity contribution in [2.75, 3.05) is 44.0 Å². The predicted molar refractivity (Wildman–Crippen MR) is 137 cm³/mol. The van der Waals surface area contributed by atoms with Gasteiger partial charge in [-0.3, -0.25) is 14.3 Å². The first kappa shape index (κ1) is 25.4. The molecule has 1 saturated heterocycles. The van der Waals surface area contributed by atoms with E-state index in [0.29, 0.717) is 35.5 Å². The number of amides is 1. The number of morpholine rings is 1. The molecule has 1 amide bonds. The second-order valence-electron chi connectivity index (χ2n) is 8.00. The summed E-state index contributed by atoms with van der Waals surface area (Å²) in [7, 11) is 0. The summed E-state index contributed by atoms with van der Waals surface area (Å²) >= 11 is 2.69. The Morgan fingerprint density at radius 3 is 2.63 bits per heavy atom. The van der Waals surface area contributed by atoms with Crippen LogP contribution in [0.1, 0.15) is 33.5 Å². The quantitative estimate of drug-likeness (QED) is 0.340. The second-order valence-corrected chi connectivity index (χ2v) is 10.2. The molecule has 0 spiro atoms. The van der Waals surface area contributed by atoms with Crippen LogP contribution in [-0.4, -0.2) is 70.2 Å². The summed E-state index contributed by atoms with van der Waals surface area (Å²) in [4.78, 5) is 28.5. The van der Waals surface area contributed by atoms with Crippen LogP contribution in [0.5, 0.6) is 0 Å². The van der Waals surface area contributed by atoms with Crippen molar-refractivity contribution in [1.29, 1.82) is 0 Å². The SMILES string of the molecule is CCOC(=O)c1c(NC(=O)CSc2nnc(CN3CCOCC3)n2-c2ccccc2)sc(C)c1C. The maximum absolute atomic E-state index is 12.9. The third-order valence-corrected chi connectivity index (χ3v) is 7.69. The van der Waals surface area contributed by atoms with Crippen molar-refractivity contribution in [3.63, 3.8) is 0 Å². The first-order valence-corrected chi connectivity index (χ1v) is 13.3. The van der Waals surface area contributed by atoms with E-state index in [-0.39, 0.29) is 18.3 Å². The minimum Gasteiger partial charge on any atom is -0.462 e. The van der Waals surface area contributed by atoms with Gasteiger partial charge < -0.3 is 14.8 Å². The summed E-state index contributed by atoms with van der Waals surface area (Å²) in [6.45, 7) is 9.56. The molecule has 1 fully saturated rings. The van der Waals surface area contributed by atoms with Crippen LogP contribution in [0.25, 0.3) is 5.69 Å². The summed E-state index contributed by atoms with van der Waals surface area (Å²) in [6, 6.07) is 9.89. The van der Waals surface area contributed by atoms with Gasteiger partial charge in [-0.2, -0.15) is 0 Å². The maximum atomic E-state index is 12.9. The lowest BCUT2D eigenvalue weighted by Gasteiger charge is -2.26. The topological polar surface area (TPSA) is 98.6 Å². The fourth-order valence-electron chi connectivity index (χ4n) is 3.75. The van der Waals surface area contributed by atoms with Crippen LogP contribution in [0.3, 0.4) is 0 Å². The van der Waals surface area contributed by atoms with Gasteiger partial charge in [0.2, 0.25) is 5.91 Å². The van der Waals surface area contributed by atoms with Crippen LogP contribution in [0, 0.1) is 13.8 Å². The van der Waals surface area contributed by atoms with Gasteiger partial charge in [-0.05, 0) is 38.5 Å². The Morgan fingerprint density at radius 1 is 1.17 bits per heavy atom. The lowest BCUT2D eigenvalue weighted by Crippen LogP contribution is -2.36. The molecule has 0 saturated carbocycles. The number of hydrogen-bond acceptors (Lipinski definition) is 9. The lowest BCUT2D eigenvalue weighted by molar-refractivity contribution is -0.113. The Morgan fingerprint density at radius 2 is 1.91 bits per heavy atom. The van der Waals surface area contributed by atoms with Crippen LogP contribution in [0.4, 0.5) is 5.00 Å². The smallest absolute Gasteiger partial charge is 0.341 e. The number of carbonyl (C=O) groups is 2. The van der Waals surface area contributed by atoms with Gasteiger partial charge in [-0.15, -0.1) is 21.5 Å². The van der Waals surface area contributed by atoms with Crippen LogP contribution < -0.4 is 5.32 Å². The molecule has 0 radical (unpaired) electrons. The maximum Gasteiger partial charge on any atom is 0.341 e. The zero-order valence-electron chi connectivity index (χ0n) is 20.1. The molecule has 2 aromatic heterocycles. The highest BCUT2D eigenvalue weighted by Gasteiger charge is 2.23. The molecule has 0 atom stereocenters. The third kappa shape index (κ3) is 6.10. The van der Waals surface area contributed by atoms with Crippen molar-refractivity contribution >= 4 is 40.0 Å². The average Bonchev–Trinajstić information content (AvgIpc) is 3.38. The highest BCUT2D eigenvalue weighted by Crippen LogP contribution is 2.33. The van der Waals surface area contributed by atoms with E-state index in [9.17, 15) is 9.59 Å². The number of anilines is 1. The van der Waals surface area contributed by atoms with Gasteiger partial charge in [-0.1, -0.05) is 30.0 Å². The number of esters is 1. The van der Waals surface area contributed by atoms with E-state index in [1.807, 2.05) is 48.7 Å². The molecule has 0 bridgehead atoms. The molecule has 3 heterocycles. The number of rotatable bonds is 9. The summed E-state index contributed by atoms with van der Waals surface area (Å²) in [6.07, 6.45) is 0. The van der Waals surface area contributed by atoms with E-state index < -0.39 is 5.97 Å². The second kappa shape index (κ2) is 11.8. The number of thioether (sulfide) groups is 1. The first-order valence-electron chi connectivity index (χ1n) is 11.5. The summed E-state index contributed by atoms with van der Waals surface area (Å²) in [5, 5.41) is 12.9. The summed E-state index contributed by atoms with van der Waals surface area (Å²) in [5.41, 5.74) is 2.19. The van der Waals surface area contributed by atoms with Crippen molar-refractivity contribution in [3.05, 3.63) is 52.2 Å². The molecule has 4 rings (SSSR count). The number of nitrogens with one attached hydrogen (secondary N) is 1. The van der Waals surface area contributed by atoms with E-state index in [1.165, 1.54) is 23.1 Å². The Bertz CT molecular complexity index is 1170. The van der Waals surface area contributed by atoms with Gasteiger partial charge in [-0.25, -0.2) is 4.79 Å². The highest BCUT2D eigenvalue weighted by molar-refractivity contribution is 7.99. The van der Waals surface area contributed by atoms with Crippen molar-refractivity contribution < 1.29 is 19.1 Å². The Kier molecular flexibility index (Phi) is 8.55. The van der Waals surface area contributed by atoms with Crippen molar-refractivity contribution in [2.45, 2.75) is 32.5 Å². The van der Waals surface area contributed by atoms with E-state index in [0.717, 1.165) is 35.0 Å². The van der Waals surface area contributed by atoms with E-state index in [1.54, 1.807) is 6.92 Å². The normalized spacial score (nSPS) is 14.1. The summed E-state index contributed by atoms with van der Waals surface area (Å²) in [5.74, 6) is 0.295. The highest BCUT2D eigenvalue weighted by atomic mass is 32.2. The van der Waals surface area contributed by atoms with Crippen molar-refractivity contribution in [1.82, 2.24) is 19.7 Å². The summed E-state index contributed by atoms with van der Waals surface area (Å²) < 4.78 is 12.6. The predicted octanol–water partition coefficient (Wildman–Crippen LogP) is 3.69. The number of aryl methyl sites for hydroxylation is 1. The van der Waals surface area contributed by atoms with Crippen LogP contribution in [0.15, 0.2) is 35.5 Å². The molecule has 1 aromatic carbocycles. The number of benzene rings is 1. The molecule has 1 aliphatic heterocycles. The number of ether oxygens (including phenoxy) is 2. The number of hydrogen-bond donors (Lipinski definition) is 1. The molecule has 35 heavy (non-hydrogen) atoms. The molecule has 186 valence electrons. The van der Waals surface area contributed by atoms with Gasteiger partial charge in [0.15, 0.2) is 11.0 Å². The zero-order valence-corrected chi connectivity index (χ0v) is 21.7. The molecule has 0 aliphatic carbocycles. The number of thiophene rings is 1. The number of aromatic nitrogens is 3. The van der Waals surface area contributed by atoms with Crippen LogP contribution in [-0.2, 0) is 20.8 Å². The average molecular weight is 516 g/mol. The lowest BCUT2D eigenvalue weighted by atomic mass is 10.1. The Hall–Kier alpha value is -2.73. The largest absolute Gasteiger partial charge is 0.462 e. The van der Waals surface area contributed by atoms with Crippen LogP contribution in [0.2, 0.25) is 0 Å². The Balaban J connectivity index is 1.49. The third-order valence-electron chi connectivity index (χ3n) is 5.63. The number of carbonyl (C=O) groups excluding carboxylic acids is 2. The molecule has 9 nitrogen and oxygen atoms in total. The van der Waals surface area contributed by atoms with Gasteiger partial charge >= 0.3 is 5.97 Å². The van der Waals surface area contributed by atoms with Gasteiger partial charge in [0.25, 0.3) is 0 Å². The van der Waals surface area contributed by atoms with Gasteiger partial charge in [0.05, 0.1) is 37.7 Å². The number of para-hydroxylation sites is 1. The fraction of sp³-hybridized carbons (Fsp3) is 0.417. The zero-order chi connectivity index (χ0) is 24.8. The van der Waals surface area contributed by atoms with Crippen molar-refractivity contribution in [2.24, 2.45) is 0 Å².